The number of amides is 2. The summed E-state index contributed by atoms with van der Waals surface area (Å²) < 4.78 is 26.2. The zero-order chi connectivity index (χ0) is 25.3. The molecule has 186 valence electrons. The van der Waals surface area contributed by atoms with Crippen LogP contribution in [0.3, 0.4) is 0 Å². The van der Waals surface area contributed by atoms with Crippen molar-refractivity contribution in [1.82, 2.24) is 10.2 Å². The molecule has 2 atom stereocenters. The first-order valence-electron chi connectivity index (χ1n) is 11.7. The molecule has 2 amide bonds. The van der Waals surface area contributed by atoms with Gasteiger partial charge in [-0.05, 0) is 50.8 Å². The van der Waals surface area contributed by atoms with Gasteiger partial charge in [-0.3, -0.25) is 13.9 Å². The van der Waals surface area contributed by atoms with Crippen LogP contribution in [-0.4, -0.2) is 50.0 Å². The van der Waals surface area contributed by atoms with E-state index in [4.69, 9.17) is 0 Å². The summed E-state index contributed by atoms with van der Waals surface area (Å²) in [5, 5.41) is 2.95. The summed E-state index contributed by atoms with van der Waals surface area (Å²) in [6.07, 6.45) is 2.44. The summed E-state index contributed by atoms with van der Waals surface area (Å²) in [4.78, 5) is 27.6. The van der Waals surface area contributed by atoms with Crippen LogP contribution in [0.25, 0.3) is 0 Å². The third-order valence-corrected chi connectivity index (χ3v) is 7.08. The van der Waals surface area contributed by atoms with Gasteiger partial charge in [0.2, 0.25) is 21.8 Å². The lowest BCUT2D eigenvalue weighted by atomic mass is 10.1. The van der Waals surface area contributed by atoms with Gasteiger partial charge in [-0.15, -0.1) is 0 Å². The number of carbonyl (C=O) groups excluding carboxylic acids is 2. The molecule has 0 aliphatic carbocycles. The predicted molar refractivity (Wildman–Crippen MR) is 137 cm³/mol. The molecule has 1 N–H and O–H groups in total. The minimum absolute atomic E-state index is 0.0149. The largest absolute Gasteiger partial charge is 0.352 e. The number of carbonyl (C=O) groups is 2. The van der Waals surface area contributed by atoms with Gasteiger partial charge in [-0.2, -0.15) is 0 Å². The summed E-state index contributed by atoms with van der Waals surface area (Å²) in [6, 6.07) is 16.2. The van der Waals surface area contributed by atoms with Gasteiger partial charge >= 0.3 is 0 Å². The second-order valence-electron chi connectivity index (χ2n) is 8.73. The van der Waals surface area contributed by atoms with E-state index in [-0.39, 0.29) is 30.8 Å². The molecule has 0 saturated heterocycles. The van der Waals surface area contributed by atoms with Gasteiger partial charge in [-0.25, -0.2) is 8.42 Å². The molecule has 0 aromatic heterocycles. The summed E-state index contributed by atoms with van der Waals surface area (Å²) in [6.45, 7) is 8.00. The monoisotopic (exact) mass is 487 g/mol. The minimum atomic E-state index is -3.51. The molecular formula is C26H37N3O4S. The number of sulfonamides is 1. The lowest BCUT2D eigenvalue weighted by Crippen LogP contribution is -2.49. The van der Waals surface area contributed by atoms with Crippen LogP contribution in [0, 0.1) is 6.92 Å². The molecule has 0 saturated carbocycles. The highest BCUT2D eigenvalue weighted by Crippen LogP contribution is 2.23. The van der Waals surface area contributed by atoms with Crippen LogP contribution in [0.4, 0.5) is 5.69 Å². The third kappa shape index (κ3) is 7.87. The van der Waals surface area contributed by atoms with E-state index in [9.17, 15) is 18.0 Å². The maximum atomic E-state index is 13.3. The van der Waals surface area contributed by atoms with Crippen LogP contribution in [-0.2, 0) is 26.2 Å². The molecule has 0 radical (unpaired) electrons. The molecule has 0 aliphatic heterocycles. The average molecular weight is 488 g/mol. The molecule has 0 unspecified atom stereocenters. The average Bonchev–Trinajstić information content (AvgIpc) is 2.80. The molecule has 2 aromatic rings. The molecule has 0 fully saturated rings. The Hall–Kier alpha value is -2.87. The SMILES string of the molecule is CC[C@H](C)NC(=O)[C@@H](C)N(Cc1ccccc1)C(=O)CCCN(c1ccccc1C)S(C)(=O)=O. The Kier molecular flexibility index (Phi) is 10.1. The van der Waals surface area contributed by atoms with Gasteiger partial charge in [-0.1, -0.05) is 55.5 Å². The van der Waals surface area contributed by atoms with E-state index in [1.807, 2.05) is 63.2 Å². The maximum Gasteiger partial charge on any atom is 0.242 e. The van der Waals surface area contributed by atoms with Crippen LogP contribution in [0.2, 0.25) is 0 Å². The highest BCUT2D eigenvalue weighted by Gasteiger charge is 2.27. The Morgan fingerprint density at radius 1 is 1.00 bits per heavy atom. The van der Waals surface area contributed by atoms with Crippen molar-refractivity contribution in [2.75, 3.05) is 17.1 Å². The number of benzene rings is 2. The molecule has 34 heavy (non-hydrogen) atoms. The van der Waals surface area contributed by atoms with Gasteiger partial charge in [0.05, 0.1) is 11.9 Å². The first-order valence-corrected chi connectivity index (χ1v) is 13.6. The quantitative estimate of drug-likeness (QED) is 0.492. The Bertz CT molecular complexity index is 1060. The van der Waals surface area contributed by atoms with Crippen LogP contribution >= 0.6 is 0 Å². The van der Waals surface area contributed by atoms with Crippen molar-refractivity contribution in [3.63, 3.8) is 0 Å². The van der Waals surface area contributed by atoms with Crippen molar-refractivity contribution >= 4 is 27.5 Å². The number of para-hydroxylation sites is 1. The summed E-state index contributed by atoms with van der Waals surface area (Å²) >= 11 is 0. The standard InChI is InChI=1S/C26H37N3O4S/c1-6-21(3)27-26(31)22(4)28(19-23-14-8-7-9-15-23)25(30)17-12-18-29(34(5,32)33)24-16-11-10-13-20(24)2/h7-11,13-16,21-22H,6,12,17-19H2,1-5H3,(H,27,31)/t21-,22+/m0/s1. The Morgan fingerprint density at radius 2 is 1.62 bits per heavy atom. The van der Waals surface area contributed by atoms with E-state index in [0.717, 1.165) is 17.5 Å². The number of hydrogen-bond acceptors (Lipinski definition) is 4. The van der Waals surface area contributed by atoms with Crippen molar-refractivity contribution in [2.45, 2.75) is 65.6 Å². The van der Waals surface area contributed by atoms with Crippen molar-refractivity contribution in [1.29, 1.82) is 0 Å². The fraction of sp³-hybridized carbons (Fsp3) is 0.462. The molecular weight excluding hydrogens is 450 g/mol. The van der Waals surface area contributed by atoms with Crippen LogP contribution in [0.15, 0.2) is 54.6 Å². The summed E-state index contributed by atoms with van der Waals surface area (Å²) in [5.41, 5.74) is 2.39. The van der Waals surface area contributed by atoms with Crippen molar-refractivity contribution in [3.05, 3.63) is 65.7 Å². The third-order valence-electron chi connectivity index (χ3n) is 5.90. The lowest BCUT2D eigenvalue weighted by molar-refractivity contribution is -0.140. The second-order valence-corrected chi connectivity index (χ2v) is 10.6. The fourth-order valence-electron chi connectivity index (χ4n) is 3.65. The zero-order valence-corrected chi connectivity index (χ0v) is 21.6. The molecule has 0 spiro atoms. The Morgan fingerprint density at radius 3 is 2.21 bits per heavy atom. The minimum Gasteiger partial charge on any atom is -0.352 e. The van der Waals surface area contributed by atoms with Crippen LogP contribution < -0.4 is 9.62 Å². The van der Waals surface area contributed by atoms with Gasteiger partial charge in [0.15, 0.2) is 0 Å². The van der Waals surface area contributed by atoms with Crippen LogP contribution in [0.1, 0.15) is 51.2 Å². The zero-order valence-electron chi connectivity index (χ0n) is 20.8. The molecule has 7 nitrogen and oxygen atoms in total. The smallest absolute Gasteiger partial charge is 0.242 e. The van der Waals surface area contributed by atoms with Gasteiger partial charge < -0.3 is 10.2 Å². The molecule has 0 bridgehead atoms. The first-order chi connectivity index (χ1) is 16.0. The van der Waals surface area contributed by atoms with E-state index in [2.05, 4.69) is 5.32 Å². The molecule has 2 rings (SSSR count). The van der Waals surface area contributed by atoms with Crippen molar-refractivity contribution < 1.29 is 18.0 Å². The summed E-state index contributed by atoms with van der Waals surface area (Å²) in [5.74, 6) is -0.384. The topological polar surface area (TPSA) is 86.8 Å². The highest BCUT2D eigenvalue weighted by atomic mass is 32.2. The normalized spacial score (nSPS) is 13.1. The van der Waals surface area contributed by atoms with Gasteiger partial charge in [0.1, 0.15) is 6.04 Å². The number of nitrogens with one attached hydrogen (secondary N) is 1. The Balaban J connectivity index is 2.15. The molecule has 0 heterocycles. The lowest BCUT2D eigenvalue weighted by Gasteiger charge is -2.30. The van der Waals surface area contributed by atoms with E-state index in [1.54, 1.807) is 24.0 Å². The second kappa shape index (κ2) is 12.6. The van der Waals surface area contributed by atoms with Crippen molar-refractivity contribution in [3.8, 4) is 0 Å². The number of anilines is 1. The van der Waals surface area contributed by atoms with E-state index < -0.39 is 16.1 Å². The molecule has 2 aromatic carbocycles. The fourth-order valence-corrected chi connectivity index (χ4v) is 4.68. The molecule has 0 aliphatic rings. The van der Waals surface area contributed by atoms with Crippen molar-refractivity contribution in [2.24, 2.45) is 0 Å². The predicted octanol–water partition coefficient (Wildman–Crippen LogP) is 3.87. The summed E-state index contributed by atoms with van der Waals surface area (Å²) in [7, 11) is -3.51. The number of nitrogens with zero attached hydrogens (tertiary/aromatic N) is 2. The van der Waals surface area contributed by atoms with E-state index in [1.165, 1.54) is 10.6 Å². The van der Waals surface area contributed by atoms with E-state index in [0.29, 0.717) is 18.7 Å². The first kappa shape index (κ1) is 27.4. The van der Waals surface area contributed by atoms with Gasteiger partial charge in [0, 0.05) is 25.6 Å². The highest BCUT2D eigenvalue weighted by molar-refractivity contribution is 7.92. The number of aryl methyl sites for hydroxylation is 1. The maximum absolute atomic E-state index is 13.3. The molecule has 8 heteroatoms. The van der Waals surface area contributed by atoms with E-state index >= 15 is 0 Å². The van der Waals surface area contributed by atoms with Gasteiger partial charge in [0.25, 0.3) is 0 Å². The number of hydrogen-bond donors (Lipinski definition) is 1. The number of rotatable bonds is 12. The Labute approximate surface area is 204 Å². The van der Waals surface area contributed by atoms with Crippen LogP contribution in [0.5, 0.6) is 0 Å².